The lowest BCUT2D eigenvalue weighted by atomic mass is 9.46. The molecule has 2 saturated heterocycles. The first-order valence-corrected chi connectivity index (χ1v) is 10.7. The van der Waals surface area contributed by atoms with Gasteiger partial charge < -0.3 is 15.4 Å². The summed E-state index contributed by atoms with van der Waals surface area (Å²) >= 11 is 0. The number of nitrogens with zero attached hydrogens (tertiary/aromatic N) is 2. The molecule has 28 heavy (non-hydrogen) atoms. The molecule has 2 aliphatic carbocycles. The first-order chi connectivity index (χ1) is 13.3. The van der Waals surface area contributed by atoms with Crippen molar-refractivity contribution in [2.75, 3.05) is 26.7 Å². The average Bonchev–Trinajstić information content (AvgIpc) is 3.26. The Balaban J connectivity index is 0.00000192. The van der Waals surface area contributed by atoms with Crippen LogP contribution in [0.15, 0.2) is 35.3 Å². The zero-order chi connectivity index (χ0) is 18.3. The third kappa shape index (κ3) is 3.56. The molecule has 2 saturated carbocycles. The Morgan fingerprint density at radius 3 is 2.75 bits per heavy atom. The fourth-order valence-electron chi connectivity index (χ4n) is 5.90. The highest BCUT2D eigenvalue weighted by Gasteiger charge is 2.66. The van der Waals surface area contributed by atoms with Gasteiger partial charge in [-0.05, 0) is 31.2 Å². The lowest BCUT2D eigenvalue weighted by Gasteiger charge is -2.63. The molecule has 4 atom stereocenters. The van der Waals surface area contributed by atoms with Crippen molar-refractivity contribution in [2.45, 2.75) is 56.8 Å². The van der Waals surface area contributed by atoms with Gasteiger partial charge in [0.15, 0.2) is 5.96 Å². The van der Waals surface area contributed by atoms with Crippen LogP contribution in [0.2, 0.25) is 0 Å². The van der Waals surface area contributed by atoms with Crippen molar-refractivity contribution in [3.05, 3.63) is 35.9 Å². The Kier molecular flexibility index (Phi) is 6.18. The zero-order valence-electron chi connectivity index (χ0n) is 16.8. The van der Waals surface area contributed by atoms with Gasteiger partial charge in [-0.1, -0.05) is 36.8 Å². The standard InChI is InChI=1S/C22H32N4O.HI/c1-23-21(25-19-18-9-13-27-20(18)22(19)10-5-11-22)24-17-8-12-26(15-17)14-16-6-3-2-4-7-16;/h2-4,6-7,17-20H,5,8-15H2,1H3,(H2,23,24,25);1H. The van der Waals surface area contributed by atoms with E-state index in [-0.39, 0.29) is 24.0 Å². The van der Waals surface area contributed by atoms with Gasteiger partial charge in [-0.15, -0.1) is 24.0 Å². The van der Waals surface area contributed by atoms with Gasteiger partial charge in [0.1, 0.15) is 0 Å². The summed E-state index contributed by atoms with van der Waals surface area (Å²) in [5.74, 6) is 1.67. The Bertz CT molecular complexity index is 693. The van der Waals surface area contributed by atoms with Crippen LogP contribution in [-0.4, -0.2) is 55.8 Å². The zero-order valence-corrected chi connectivity index (χ0v) is 19.1. The molecule has 6 heteroatoms. The smallest absolute Gasteiger partial charge is 0.191 e. The summed E-state index contributed by atoms with van der Waals surface area (Å²) in [5, 5.41) is 7.50. The summed E-state index contributed by atoms with van der Waals surface area (Å²) in [7, 11) is 1.90. The Morgan fingerprint density at radius 2 is 2.04 bits per heavy atom. The molecule has 5 nitrogen and oxygen atoms in total. The largest absolute Gasteiger partial charge is 0.377 e. The summed E-state index contributed by atoms with van der Waals surface area (Å²) in [6.45, 7) is 4.21. The molecule has 0 aromatic heterocycles. The first kappa shape index (κ1) is 20.4. The van der Waals surface area contributed by atoms with Crippen LogP contribution in [0, 0.1) is 11.3 Å². The molecule has 5 rings (SSSR count). The predicted octanol–water partition coefficient (Wildman–Crippen LogP) is 3.00. The van der Waals surface area contributed by atoms with Crippen LogP contribution >= 0.6 is 24.0 Å². The number of rotatable bonds is 4. The van der Waals surface area contributed by atoms with E-state index < -0.39 is 0 Å². The number of halogens is 1. The van der Waals surface area contributed by atoms with Crippen molar-refractivity contribution < 1.29 is 4.74 Å². The highest BCUT2D eigenvalue weighted by atomic mass is 127. The number of ether oxygens (including phenoxy) is 1. The second kappa shape index (κ2) is 8.48. The van der Waals surface area contributed by atoms with Crippen LogP contribution in [0.5, 0.6) is 0 Å². The van der Waals surface area contributed by atoms with Crippen LogP contribution in [0.25, 0.3) is 0 Å². The van der Waals surface area contributed by atoms with E-state index in [2.05, 4.69) is 50.9 Å². The van der Waals surface area contributed by atoms with E-state index in [1.807, 2.05) is 7.05 Å². The highest BCUT2D eigenvalue weighted by Crippen LogP contribution is 2.62. The number of guanidine groups is 1. The molecule has 1 aromatic carbocycles. The van der Waals surface area contributed by atoms with E-state index in [9.17, 15) is 0 Å². The van der Waals surface area contributed by atoms with Crippen molar-refractivity contribution >= 4 is 29.9 Å². The van der Waals surface area contributed by atoms with Gasteiger partial charge in [0, 0.05) is 56.7 Å². The fourth-order valence-corrected chi connectivity index (χ4v) is 5.90. The minimum Gasteiger partial charge on any atom is -0.377 e. The van der Waals surface area contributed by atoms with Crippen molar-refractivity contribution in [3.63, 3.8) is 0 Å². The van der Waals surface area contributed by atoms with E-state index in [4.69, 9.17) is 4.74 Å². The van der Waals surface area contributed by atoms with Crippen LogP contribution in [0.4, 0.5) is 0 Å². The Hall–Kier alpha value is -0.860. The second-order valence-electron chi connectivity index (χ2n) is 8.88. The Labute approximate surface area is 185 Å². The van der Waals surface area contributed by atoms with Gasteiger partial charge in [-0.25, -0.2) is 0 Å². The fraction of sp³-hybridized carbons (Fsp3) is 0.682. The summed E-state index contributed by atoms with van der Waals surface area (Å²) < 4.78 is 6.05. The molecule has 1 spiro atoms. The molecule has 0 bridgehead atoms. The number of benzene rings is 1. The number of aliphatic imine (C=N–C) groups is 1. The van der Waals surface area contributed by atoms with E-state index in [0.717, 1.165) is 32.2 Å². The van der Waals surface area contributed by atoms with Crippen LogP contribution in [0.3, 0.4) is 0 Å². The topological polar surface area (TPSA) is 48.9 Å². The third-order valence-electron chi connectivity index (χ3n) is 7.41. The molecule has 0 amide bonds. The normalized spacial score (nSPS) is 33.5. The lowest BCUT2D eigenvalue weighted by Crippen LogP contribution is -2.72. The minimum atomic E-state index is 0. The van der Waals surface area contributed by atoms with E-state index in [1.54, 1.807) is 0 Å². The van der Waals surface area contributed by atoms with Gasteiger partial charge in [0.05, 0.1) is 6.10 Å². The molecule has 4 aliphatic rings. The number of nitrogens with one attached hydrogen (secondary N) is 2. The second-order valence-corrected chi connectivity index (χ2v) is 8.88. The van der Waals surface area contributed by atoms with Gasteiger partial charge in [0.25, 0.3) is 0 Å². The summed E-state index contributed by atoms with van der Waals surface area (Å²) in [6, 6.07) is 11.8. The van der Waals surface area contributed by atoms with Gasteiger partial charge >= 0.3 is 0 Å². The van der Waals surface area contributed by atoms with Gasteiger partial charge in [0.2, 0.25) is 0 Å². The van der Waals surface area contributed by atoms with Gasteiger partial charge in [-0.3, -0.25) is 9.89 Å². The van der Waals surface area contributed by atoms with E-state index in [1.165, 1.54) is 37.7 Å². The van der Waals surface area contributed by atoms with E-state index >= 15 is 0 Å². The van der Waals surface area contributed by atoms with Crippen LogP contribution < -0.4 is 10.6 Å². The Morgan fingerprint density at radius 1 is 1.21 bits per heavy atom. The maximum atomic E-state index is 6.05. The number of hydrogen-bond donors (Lipinski definition) is 2. The van der Waals surface area contributed by atoms with Crippen molar-refractivity contribution in [3.8, 4) is 0 Å². The third-order valence-corrected chi connectivity index (χ3v) is 7.41. The maximum absolute atomic E-state index is 6.05. The van der Waals surface area contributed by atoms with Crippen molar-refractivity contribution in [1.29, 1.82) is 0 Å². The molecule has 1 aromatic rings. The summed E-state index contributed by atoms with van der Waals surface area (Å²) in [6.07, 6.45) is 6.88. The molecular formula is C22H33IN4O. The first-order valence-electron chi connectivity index (χ1n) is 10.7. The van der Waals surface area contributed by atoms with E-state index in [0.29, 0.717) is 29.5 Å². The number of fused-ring (bicyclic) bond motifs is 2. The highest BCUT2D eigenvalue weighted by molar-refractivity contribution is 14.0. The summed E-state index contributed by atoms with van der Waals surface area (Å²) in [5.41, 5.74) is 1.79. The number of likely N-dealkylation sites (tertiary alicyclic amines) is 1. The number of hydrogen-bond acceptors (Lipinski definition) is 3. The molecule has 2 N–H and O–H groups in total. The molecule has 2 heterocycles. The maximum Gasteiger partial charge on any atom is 0.191 e. The minimum absolute atomic E-state index is 0. The van der Waals surface area contributed by atoms with Crippen LogP contribution in [0.1, 0.15) is 37.7 Å². The molecule has 2 aliphatic heterocycles. The average molecular weight is 496 g/mol. The van der Waals surface area contributed by atoms with Gasteiger partial charge in [-0.2, -0.15) is 0 Å². The van der Waals surface area contributed by atoms with Crippen molar-refractivity contribution in [1.82, 2.24) is 15.5 Å². The SMILES string of the molecule is CN=C(NC1CCN(Cc2ccccc2)C1)NC1C2CCOC2C12CCC2.I. The summed E-state index contributed by atoms with van der Waals surface area (Å²) in [4.78, 5) is 7.10. The predicted molar refractivity (Wildman–Crippen MR) is 123 cm³/mol. The molecule has 4 fully saturated rings. The van der Waals surface area contributed by atoms with Crippen LogP contribution in [-0.2, 0) is 11.3 Å². The lowest BCUT2D eigenvalue weighted by molar-refractivity contribution is -0.171. The molecular weight excluding hydrogens is 463 g/mol. The van der Waals surface area contributed by atoms with Crippen molar-refractivity contribution in [2.24, 2.45) is 16.3 Å². The monoisotopic (exact) mass is 496 g/mol. The molecule has 4 unspecified atom stereocenters. The quantitative estimate of drug-likeness (QED) is 0.383. The molecule has 154 valence electrons. The molecule has 0 radical (unpaired) electrons.